The lowest BCUT2D eigenvalue weighted by Crippen LogP contribution is -2.28. The molecule has 0 atom stereocenters. The predicted octanol–water partition coefficient (Wildman–Crippen LogP) is 2.78. The van der Waals surface area contributed by atoms with Gasteiger partial charge < -0.3 is 9.88 Å². The fourth-order valence-corrected chi connectivity index (χ4v) is 3.43. The summed E-state index contributed by atoms with van der Waals surface area (Å²) in [5, 5.41) is 9.85. The summed E-state index contributed by atoms with van der Waals surface area (Å²) >= 11 is 1.87. The summed E-state index contributed by atoms with van der Waals surface area (Å²) in [6, 6.07) is 7.56. The zero-order chi connectivity index (χ0) is 14.8. The number of nitriles is 1. The molecule has 0 unspecified atom stereocenters. The minimum Gasteiger partial charge on any atom is -0.360 e. The lowest BCUT2D eigenvalue weighted by atomic mass is 10.1. The molecular weight excluding hydrogens is 282 g/mol. The van der Waals surface area contributed by atoms with Crippen LogP contribution >= 0.6 is 11.8 Å². The van der Waals surface area contributed by atoms with E-state index in [2.05, 4.69) is 17.1 Å². The molecule has 5 heteroatoms. The maximum Gasteiger partial charge on any atom is 0.253 e. The normalized spacial score (nSPS) is 14.0. The van der Waals surface area contributed by atoms with Crippen LogP contribution < -0.4 is 0 Å². The van der Waals surface area contributed by atoms with Crippen molar-refractivity contribution >= 4 is 28.6 Å². The van der Waals surface area contributed by atoms with Crippen molar-refractivity contribution in [1.82, 2.24) is 9.88 Å². The largest absolute Gasteiger partial charge is 0.360 e. The Labute approximate surface area is 127 Å². The highest BCUT2D eigenvalue weighted by molar-refractivity contribution is 7.99. The van der Waals surface area contributed by atoms with Crippen LogP contribution in [-0.2, 0) is 0 Å². The number of carbonyl (C=O) groups is 1. The summed E-state index contributed by atoms with van der Waals surface area (Å²) in [5.74, 6) is 2.06. The van der Waals surface area contributed by atoms with E-state index in [0.717, 1.165) is 22.4 Å². The molecule has 0 aliphatic carbocycles. The van der Waals surface area contributed by atoms with Crippen molar-refractivity contribution < 1.29 is 4.79 Å². The van der Waals surface area contributed by atoms with Crippen LogP contribution in [0, 0.1) is 11.3 Å². The second-order valence-electron chi connectivity index (χ2n) is 5.11. The average Bonchev–Trinajstić information content (AvgIpc) is 3.14. The van der Waals surface area contributed by atoms with Gasteiger partial charge in [-0.25, -0.2) is 0 Å². The van der Waals surface area contributed by atoms with Gasteiger partial charge in [0.25, 0.3) is 5.91 Å². The number of nitrogens with zero attached hydrogens (tertiary/aromatic N) is 2. The predicted molar refractivity (Wildman–Crippen MR) is 85.4 cm³/mol. The minimum atomic E-state index is 0.00260. The lowest BCUT2D eigenvalue weighted by molar-refractivity contribution is 0.0807. The summed E-state index contributed by atoms with van der Waals surface area (Å²) in [6.45, 7) is 0.679. The zero-order valence-electron chi connectivity index (χ0n) is 11.7. The molecular formula is C16H15N3OS. The van der Waals surface area contributed by atoms with Gasteiger partial charge in [0, 0.05) is 47.8 Å². The molecule has 1 aliphatic rings. The van der Waals surface area contributed by atoms with E-state index in [1.54, 1.807) is 17.2 Å². The Morgan fingerprint density at radius 1 is 1.52 bits per heavy atom. The number of aromatic nitrogens is 1. The Kier molecular flexibility index (Phi) is 3.72. The van der Waals surface area contributed by atoms with Gasteiger partial charge in [-0.15, -0.1) is 0 Å². The molecule has 0 bridgehead atoms. The van der Waals surface area contributed by atoms with Crippen LogP contribution in [0.4, 0.5) is 0 Å². The van der Waals surface area contributed by atoms with Gasteiger partial charge in [-0.3, -0.25) is 4.79 Å². The van der Waals surface area contributed by atoms with Crippen molar-refractivity contribution in [3.8, 4) is 6.07 Å². The van der Waals surface area contributed by atoms with E-state index < -0.39 is 0 Å². The first-order valence-electron chi connectivity index (χ1n) is 6.71. The quantitative estimate of drug-likeness (QED) is 0.886. The number of H-pyrrole nitrogens is 1. The van der Waals surface area contributed by atoms with E-state index in [0.29, 0.717) is 17.7 Å². The summed E-state index contributed by atoms with van der Waals surface area (Å²) in [6.07, 6.45) is 3.87. The maximum atomic E-state index is 12.5. The molecule has 1 amide bonds. The van der Waals surface area contributed by atoms with E-state index >= 15 is 0 Å². The Morgan fingerprint density at radius 3 is 3.10 bits per heavy atom. The van der Waals surface area contributed by atoms with Crippen LogP contribution in [0.15, 0.2) is 36.0 Å². The van der Waals surface area contributed by atoms with Crippen molar-refractivity contribution in [2.75, 3.05) is 25.1 Å². The van der Waals surface area contributed by atoms with Crippen LogP contribution in [0.1, 0.15) is 15.9 Å². The highest BCUT2D eigenvalue weighted by Crippen LogP contribution is 2.21. The Hall–Kier alpha value is -2.19. The number of thioether (sulfide) groups is 1. The van der Waals surface area contributed by atoms with Crippen LogP contribution in [0.2, 0.25) is 0 Å². The number of amides is 1. The first-order valence-corrected chi connectivity index (χ1v) is 7.87. The molecule has 3 rings (SSSR count). The number of rotatable bonds is 3. The van der Waals surface area contributed by atoms with E-state index in [9.17, 15) is 4.79 Å². The number of hydrogen-bond acceptors (Lipinski definition) is 3. The number of benzene rings is 1. The van der Waals surface area contributed by atoms with Gasteiger partial charge >= 0.3 is 0 Å². The van der Waals surface area contributed by atoms with E-state index in [-0.39, 0.29) is 5.91 Å². The summed E-state index contributed by atoms with van der Waals surface area (Å²) in [5.41, 5.74) is 3.37. The molecule has 1 aromatic carbocycles. The molecule has 106 valence electrons. The SMILES string of the molecule is CN(CC1=CCSC1)C(=O)c1ccc2c(C#N)c[nH]c2c1. The van der Waals surface area contributed by atoms with Gasteiger partial charge in [0.2, 0.25) is 0 Å². The van der Waals surface area contributed by atoms with Crippen LogP contribution in [0.3, 0.4) is 0 Å². The topological polar surface area (TPSA) is 59.9 Å². The van der Waals surface area contributed by atoms with Gasteiger partial charge in [0.15, 0.2) is 0 Å². The second-order valence-corrected chi connectivity index (χ2v) is 6.14. The molecule has 21 heavy (non-hydrogen) atoms. The van der Waals surface area contributed by atoms with Gasteiger partial charge in [0.05, 0.1) is 5.56 Å². The number of fused-ring (bicyclic) bond motifs is 1. The van der Waals surface area contributed by atoms with Gasteiger partial charge in [-0.2, -0.15) is 17.0 Å². The molecule has 1 aliphatic heterocycles. The molecule has 0 spiro atoms. The van der Waals surface area contributed by atoms with Gasteiger partial charge in [-0.1, -0.05) is 12.1 Å². The van der Waals surface area contributed by atoms with Crippen molar-refractivity contribution in [2.45, 2.75) is 0 Å². The monoisotopic (exact) mass is 297 g/mol. The highest BCUT2D eigenvalue weighted by Gasteiger charge is 2.16. The molecule has 1 N–H and O–H groups in total. The molecule has 0 saturated heterocycles. The first kappa shape index (κ1) is 13.8. The number of likely N-dealkylation sites (N-methyl/N-ethyl adjacent to an activating group) is 1. The molecule has 0 saturated carbocycles. The standard InChI is InChI=1S/C16H15N3OS/c1-19(9-11-4-5-21-10-11)16(20)12-2-3-14-13(7-17)8-18-15(14)6-12/h2-4,6,8,18H,5,9-10H2,1H3. The van der Waals surface area contributed by atoms with Crippen molar-refractivity contribution in [3.63, 3.8) is 0 Å². The van der Waals surface area contributed by atoms with Crippen molar-refractivity contribution in [1.29, 1.82) is 5.26 Å². The smallest absolute Gasteiger partial charge is 0.253 e. The summed E-state index contributed by atoms with van der Waals surface area (Å²) < 4.78 is 0. The molecule has 0 radical (unpaired) electrons. The molecule has 0 fully saturated rings. The highest BCUT2D eigenvalue weighted by atomic mass is 32.2. The van der Waals surface area contributed by atoms with E-state index in [1.165, 1.54) is 5.57 Å². The number of nitrogens with one attached hydrogen (secondary N) is 1. The Bertz CT molecular complexity index is 769. The first-order chi connectivity index (χ1) is 10.2. The minimum absolute atomic E-state index is 0.00260. The number of carbonyl (C=O) groups excluding carboxylic acids is 1. The third-order valence-electron chi connectivity index (χ3n) is 3.61. The molecule has 2 aromatic rings. The Balaban J connectivity index is 1.82. The van der Waals surface area contributed by atoms with E-state index in [4.69, 9.17) is 5.26 Å². The van der Waals surface area contributed by atoms with Crippen molar-refractivity contribution in [3.05, 3.63) is 47.2 Å². The molecule has 2 heterocycles. The number of hydrogen-bond donors (Lipinski definition) is 1. The summed E-state index contributed by atoms with van der Waals surface area (Å²) in [4.78, 5) is 17.2. The molecule has 1 aromatic heterocycles. The summed E-state index contributed by atoms with van der Waals surface area (Å²) in [7, 11) is 1.83. The third-order valence-corrected chi connectivity index (χ3v) is 4.59. The fourth-order valence-electron chi connectivity index (χ4n) is 2.48. The van der Waals surface area contributed by atoms with Crippen LogP contribution in [0.25, 0.3) is 10.9 Å². The third kappa shape index (κ3) is 2.67. The van der Waals surface area contributed by atoms with E-state index in [1.807, 2.05) is 30.9 Å². The maximum absolute atomic E-state index is 12.5. The second kappa shape index (κ2) is 5.66. The van der Waals surface area contributed by atoms with Crippen LogP contribution in [0.5, 0.6) is 0 Å². The fraction of sp³-hybridized carbons (Fsp3) is 0.250. The lowest BCUT2D eigenvalue weighted by Gasteiger charge is -2.17. The molecule has 4 nitrogen and oxygen atoms in total. The zero-order valence-corrected chi connectivity index (χ0v) is 12.5. The van der Waals surface area contributed by atoms with Crippen molar-refractivity contribution in [2.24, 2.45) is 0 Å². The van der Waals surface area contributed by atoms with Gasteiger partial charge in [0.1, 0.15) is 6.07 Å². The number of aromatic amines is 1. The Morgan fingerprint density at radius 2 is 2.38 bits per heavy atom. The average molecular weight is 297 g/mol. The van der Waals surface area contributed by atoms with Gasteiger partial charge in [-0.05, 0) is 17.7 Å². The van der Waals surface area contributed by atoms with Crippen LogP contribution in [-0.4, -0.2) is 40.9 Å².